The molecule has 0 bridgehead atoms. The van der Waals surface area contributed by atoms with E-state index in [-0.39, 0.29) is 18.2 Å². The highest BCUT2D eigenvalue weighted by molar-refractivity contribution is 5.78. The fourth-order valence-corrected chi connectivity index (χ4v) is 3.06. The molecule has 1 heterocycles. The lowest BCUT2D eigenvalue weighted by atomic mass is 10.2. The van der Waals surface area contributed by atoms with Crippen molar-refractivity contribution in [3.8, 4) is 5.75 Å². The molecule has 142 valence electrons. The zero-order chi connectivity index (χ0) is 19.2. The molecule has 0 saturated carbocycles. The van der Waals surface area contributed by atoms with Gasteiger partial charge < -0.3 is 14.5 Å². The summed E-state index contributed by atoms with van der Waals surface area (Å²) in [6.45, 7) is 4.71. The standard InChI is InChI=1S/C20H23N3O4/c1-2-16-3-9-19(10-4-16)27-15-20(24)22-13-11-21(12-14-22)17-5-7-18(8-6-17)23(25)26/h3-10H,2,11-15H2,1H3. The summed E-state index contributed by atoms with van der Waals surface area (Å²) in [4.78, 5) is 26.6. The molecule has 2 aromatic carbocycles. The van der Waals surface area contributed by atoms with Crippen LogP contribution in [0.2, 0.25) is 0 Å². The van der Waals surface area contributed by atoms with E-state index in [0.29, 0.717) is 31.9 Å². The van der Waals surface area contributed by atoms with E-state index in [1.165, 1.54) is 17.7 Å². The molecule has 2 aromatic rings. The van der Waals surface area contributed by atoms with E-state index in [9.17, 15) is 14.9 Å². The topological polar surface area (TPSA) is 75.9 Å². The fourth-order valence-electron chi connectivity index (χ4n) is 3.06. The summed E-state index contributed by atoms with van der Waals surface area (Å²) in [6, 6.07) is 14.3. The quantitative estimate of drug-likeness (QED) is 0.578. The minimum Gasteiger partial charge on any atom is -0.484 e. The number of nitro benzene ring substituents is 1. The molecular formula is C20H23N3O4. The van der Waals surface area contributed by atoms with Gasteiger partial charge in [-0.2, -0.15) is 0 Å². The van der Waals surface area contributed by atoms with Crippen molar-refractivity contribution in [2.24, 2.45) is 0 Å². The Hall–Kier alpha value is -3.09. The molecule has 1 fully saturated rings. The van der Waals surface area contributed by atoms with Crippen molar-refractivity contribution < 1.29 is 14.5 Å². The Bertz CT molecular complexity index is 782. The molecule has 1 saturated heterocycles. The zero-order valence-corrected chi connectivity index (χ0v) is 15.3. The Morgan fingerprint density at radius 1 is 1.04 bits per heavy atom. The molecule has 0 atom stereocenters. The van der Waals surface area contributed by atoms with E-state index in [4.69, 9.17) is 4.74 Å². The summed E-state index contributed by atoms with van der Waals surface area (Å²) in [5.74, 6) is 0.669. The molecule has 0 aromatic heterocycles. The van der Waals surface area contributed by atoms with Crippen LogP contribution < -0.4 is 9.64 Å². The molecule has 7 nitrogen and oxygen atoms in total. The molecule has 0 aliphatic carbocycles. The molecule has 7 heteroatoms. The number of rotatable bonds is 6. The third kappa shape index (κ3) is 4.75. The van der Waals surface area contributed by atoms with E-state index < -0.39 is 4.92 Å². The van der Waals surface area contributed by atoms with Crippen LogP contribution in [0.15, 0.2) is 48.5 Å². The molecule has 0 N–H and O–H groups in total. The van der Waals surface area contributed by atoms with Crippen LogP contribution in [0.1, 0.15) is 12.5 Å². The second-order valence-electron chi connectivity index (χ2n) is 6.43. The van der Waals surface area contributed by atoms with E-state index in [1.54, 1.807) is 17.0 Å². The van der Waals surface area contributed by atoms with Crippen LogP contribution in [0.3, 0.4) is 0 Å². The fraction of sp³-hybridized carbons (Fsp3) is 0.350. The summed E-state index contributed by atoms with van der Waals surface area (Å²) < 4.78 is 5.60. The predicted molar refractivity (Wildman–Crippen MR) is 103 cm³/mol. The molecule has 1 aliphatic rings. The molecule has 0 unspecified atom stereocenters. The van der Waals surface area contributed by atoms with Crippen LogP contribution in [0.4, 0.5) is 11.4 Å². The van der Waals surface area contributed by atoms with Crippen LogP contribution in [0.5, 0.6) is 5.75 Å². The van der Waals surface area contributed by atoms with E-state index in [2.05, 4.69) is 11.8 Å². The van der Waals surface area contributed by atoms with Crippen LogP contribution in [-0.2, 0) is 11.2 Å². The van der Waals surface area contributed by atoms with Crippen molar-refractivity contribution in [1.82, 2.24) is 4.90 Å². The Kier molecular flexibility index (Phi) is 5.90. The van der Waals surface area contributed by atoms with Crippen molar-refractivity contribution in [3.63, 3.8) is 0 Å². The summed E-state index contributed by atoms with van der Waals surface area (Å²) in [7, 11) is 0. The summed E-state index contributed by atoms with van der Waals surface area (Å²) >= 11 is 0. The van der Waals surface area contributed by atoms with Gasteiger partial charge in [0.25, 0.3) is 11.6 Å². The summed E-state index contributed by atoms with van der Waals surface area (Å²) in [6.07, 6.45) is 0.970. The van der Waals surface area contributed by atoms with Gasteiger partial charge in [0.2, 0.25) is 0 Å². The largest absolute Gasteiger partial charge is 0.484 e. The average Bonchev–Trinajstić information content (AvgIpc) is 2.72. The lowest BCUT2D eigenvalue weighted by Crippen LogP contribution is -2.50. The van der Waals surface area contributed by atoms with Crippen LogP contribution in [-0.4, -0.2) is 48.5 Å². The number of benzene rings is 2. The van der Waals surface area contributed by atoms with Gasteiger partial charge in [0.05, 0.1) is 4.92 Å². The number of ether oxygens (including phenoxy) is 1. The van der Waals surface area contributed by atoms with Gasteiger partial charge in [-0.05, 0) is 36.2 Å². The number of hydrogen-bond donors (Lipinski definition) is 0. The van der Waals surface area contributed by atoms with Crippen LogP contribution in [0.25, 0.3) is 0 Å². The highest BCUT2D eigenvalue weighted by Crippen LogP contribution is 2.21. The maximum absolute atomic E-state index is 12.4. The van der Waals surface area contributed by atoms with Gasteiger partial charge in [-0.3, -0.25) is 14.9 Å². The lowest BCUT2D eigenvalue weighted by molar-refractivity contribution is -0.384. The van der Waals surface area contributed by atoms with Gasteiger partial charge in [-0.15, -0.1) is 0 Å². The number of amides is 1. The van der Waals surface area contributed by atoms with E-state index >= 15 is 0 Å². The molecule has 1 amide bonds. The van der Waals surface area contributed by atoms with Gasteiger partial charge in [0.15, 0.2) is 6.61 Å². The summed E-state index contributed by atoms with van der Waals surface area (Å²) in [5, 5.41) is 10.7. The Balaban J connectivity index is 1.47. The van der Waals surface area contributed by atoms with Crippen molar-refractivity contribution in [3.05, 3.63) is 64.2 Å². The maximum atomic E-state index is 12.4. The van der Waals surface area contributed by atoms with Gasteiger partial charge in [0.1, 0.15) is 5.75 Å². The first-order chi connectivity index (χ1) is 13.1. The van der Waals surface area contributed by atoms with Gasteiger partial charge >= 0.3 is 0 Å². The van der Waals surface area contributed by atoms with Crippen LogP contribution in [0, 0.1) is 10.1 Å². The van der Waals surface area contributed by atoms with E-state index in [0.717, 1.165) is 12.1 Å². The van der Waals surface area contributed by atoms with Crippen molar-refractivity contribution in [1.29, 1.82) is 0 Å². The van der Waals surface area contributed by atoms with Crippen molar-refractivity contribution in [2.45, 2.75) is 13.3 Å². The third-order valence-corrected chi connectivity index (χ3v) is 4.75. The summed E-state index contributed by atoms with van der Waals surface area (Å²) in [5.41, 5.74) is 2.24. The van der Waals surface area contributed by atoms with Gasteiger partial charge in [0, 0.05) is 44.0 Å². The Morgan fingerprint density at radius 2 is 1.67 bits per heavy atom. The third-order valence-electron chi connectivity index (χ3n) is 4.75. The number of anilines is 1. The molecule has 3 rings (SSSR count). The lowest BCUT2D eigenvalue weighted by Gasteiger charge is -2.36. The normalized spacial score (nSPS) is 14.1. The van der Waals surface area contributed by atoms with Gasteiger partial charge in [-0.25, -0.2) is 0 Å². The maximum Gasteiger partial charge on any atom is 0.269 e. The van der Waals surface area contributed by atoms with Crippen molar-refractivity contribution in [2.75, 3.05) is 37.7 Å². The second-order valence-corrected chi connectivity index (χ2v) is 6.43. The first kappa shape index (κ1) is 18.7. The monoisotopic (exact) mass is 369 g/mol. The smallest absolute Gasteiger partial charge is 0.269 e. The number of carbonyl (C=O) groups excluding carboxylic acids is 1. The number of aryl methyl sites for hydroxylation is 1. The number of non-ortho nitro benzene ring substituents is 1. The predicted octanol–water partition coefficient (Wildman–Crippen LogP) is 2.88. The number of nitrogens with zero attached hydrogens (tertiary/aromatic N) is 3. The number of piperazine rings is 1. The number of carbonyl (C=O) groups is 1. The minimum atomic E-state index is -0.407. The van der Waals surface area contributed by atoms with Gasteiger partial charge in [-0.1, -0.05) is 19.1 Å². The first-order valence-electron chi connectivity index (χ1n) is 9.05. The zero-order valence-electron chi connectivity index (χ0n) is 15.3. The highest BCUT2D eigenvalue weighted by atomic mass is 16.6. The Labute approximate surface area is 158 Å². The first-order valence-corrected chi connectivity index (χ1v) is 9.05. The van der Waals surface area contributed by atoms with Crippen molar-refractivity contribution >= 4 is 17.3 Å². The molecule has 0 spiro atoms. The minimum absolute atomic E-state index is 0.0297. The second kappa shape index (κ2) is 8.53. The Morgan fingerprint density at radius 3 is 2.22 bits per heavy atom. The average molecular weight is 369 g/mol. The highest BCUT2D eigenvalue weighted by Gasteiger charge is 2.22. The molecule has 1 aliphatic heterocycles. The van der Waals surface area contributed by atoms with E-state index in [1.807, 2.05) is 24.3 Å². The molecule has 0 radical (unpaired) electrons. The molecule has 27 heavy (non-hydrogen) atoms. The van der Waals surface area contributed by atoms with Crippen LogP contribution >= 0.6 is 0 Å². The number of hydrogen-bond acceptors (Lipinski definition) is 5. The number of nitro groups is 1. The molecular weight excluding hydrogens is 346 g/mol. The SMILES string of the molecule is CCc1ccc(OCC(=O)N2CCN(c3ccc([N+](=O)[O-])cc3)CC2)cc1.